The van der Waals surface area contributed by atoms with Crippen molar-refractivity contribution in [3.05, 3.63) is 83.4 Å². The van der Waals surface area contributed by atoms with Gasteiger partial charge in [-0.15, -0.1) is 0 Å². The van der Waals surface area contributed by atoms with Crippen molar-refractivity contribution in [3.63, 3.8) is 0 Å². The molecule has 0 amide bonds. The van der Waals surface area contributed by atoms with Gasteiger partial charge in [0.05, 0.1) is 18.4 Å². The molecule has 0 spiro atoms. The Morgan fingerprint density at radius 2 is 1.74 bits per heavy atom. The van der Waals surface area contributed by atoms with Crippen LogP contribution in [0.4, 0.5) is 14.5 Å². The highest BCUT2D eigenvalue weighted by molar-refractivity contribution is 5.86. The van der Waals surface area contributed by atoms with Gasteiger partial charge in [-0.3, -0.25) is 0 Å². The van der Waals surface area contributed by atoms with Crippen LogP contribution in [0.3, 0.4) is 0 Å². The van der Waals surface area contributed by atoms with E-state index in [0.29, 0.717) is 23.6 Å². The number of benzene rings is 3. The lowest BCUT2D eigenvalue weighted by Gasteiger charge is -2.08. The SMILES string of the molecule is COc1ccc(Cc2ccc3[nH]c(-c4c(F)cccc4F)cc3c2)c(N)c1. The molecule has 136 valence electrons. The summed E-state index contributed by atoms with van der Waals surface area (Å²) in [4.78, 5) is 3.09. The highest BCUT2D eigenvalue weighted by atomic mass is 19.1. The number of hydrogen-bond acceptors (Lipinski definition) is 2. The fourth-order valence-electron chi connectivity index (χ4n) is 3.26. The van der Waals surface area contributed by atoms with Crippen molar-refractivity contribution in [3.8, 4) is 17.0 Å². The van der Waals surface area contributed by atoms with Crippen LogP contribution < -0.4 is 10.5 Å². The topological polar surface area (TPSA) is 51.0 Å². The molecule has 27 heavy (non-hydrogen) atoms. The number of aromatic nitrogens is 1. The number of nitrogens with one attached hydrogen (secondary N) is 1. The van der Waals surface area contributed by atoms with E-state index in [9.17, 15) is 8.78 Å². The summed E-state index contributed by atoms with van der Waals surface area (Å²) in [5.41, 5.74) is 10.0. The summed E-state index contributed by atoms with van der Waals surface area (Å²) in [6, 6.07) is 17.1. The molecule has 3 aromatic carbocycles. The van der Waals surface area contributed by atoms with Crippen LogP contribution in [0.25, 0.3) is 22.2 Å². The Labute approximate surface area is 155 Å². The predicted octanol–water partition coefficient (Wildman–Crippen LogP) is 5.29. The van der Waals surface area contributed by atoms with Crippen LogP contribution in [0.15, 0.2) is 60.7 Å². The molecule has 4 rings (SSSR count). The lowest BCUT2D eigenvalue weighted by Crippen LogP contribution is -1.96. The molecule has 0 unspecified atom stereocenters. The van der Waals surface area contributed by atoms with E-state index in [4.69, 9.17) is 10.5 Å². The monoisotopic (exact) mass is 364 g/mol. The van der Waals surface area contributed by atoms with Crippen LogP contribution in [0.1, 0.15) is 11.1 Å². The van der Waals surface area contributed by atoms with Crippen LogP contribution in [0.5, 0.6) is 5.75 Å². The van der Waals surface area contributed by atoms with E-state index < -0.39 is 11.6 Å². The zero-order valence-corrected chi connectivity index (χ0v) is 14.7. The normalized spacial score (nSPS) is 11.1. The number of rotatable bonds is 4. The van der Waals surface area contributed by atoms with Gasteiger partial charge in [0.1, 0.15) is 17.4 Å². The van der Waals surface area contributed by atoms with Crippen molar-refractivity contribution < 1.29 is 13.5 Å². The third-order valence-corrected chi connectivity index (χ3v) is 4.66. The Hall–Kier alpha value is -3.34. The molecule has 5 heteroatoms. The molecule has 0 bridgehead atoms. The Morgan fingerprint density at radius 1 is 0.963 bits per heavy atom. The van der Waals surface area contributed by atoms with Crippen molar-refractivity contribution in [2.24, 2.45) is 0 Å². The number of H-pyrrole nitrogens is 1. The maximum atomic E-state index is 14.1. The molecular weight excluding hydrogens is 346 g/mol. The molecular formula is C22H18F2N2O. The predicted molar refractivity (Wildman–Crippen MR) is 104 cm³/mol. The van der Waals surface area contributed by atoms with E-state index >= 15 is 0 Å². The van der Waals surface area contributed by atoms with E-state index in [2.05, 4.69) is 4.98 Å². The molecule has 0 saturated heterocycles. The number of anilines is 1. The van der Waals surface area contributed by atoms with Crippen LogP contribution >= 0.6 is 0 Å². The van der Waals surface area contributed by atoms with Gasteiger partial charge in [0.2, 0.25) is 0 Å². The fourth-order valence-corrected chi connectivity index (χ4v) is 3.26. The highest BCUT2D eigenvalue weighted by Crippen LogP contribution is 2.30. The maximum Gasteiger partial charge on any atom is 0.135 e. The summed E-state index contributed by atoms with van der Waals surface area (Å²) in [6.07, 6.45) is 0.653. The van der Waals surface area contributed by atoms with Gasteiger partial charge in [0, 0.05) is 22.7 Å². The van der Waals surface area contributed by atoms with Crippen LogP contribution in [0.2, 0.25) is 0 Å². The number of aromatic amines is 1. The van der Waals surface area contributed by atoms with Gasteiger partial charge < -0.3 is 15.5 Å². The smallest absolute Gasteiger partial charge is 0.135 e. The maximum absolute atomic E-state index is 14.1. The second kappa shape index (κ2) is 6.76. The molecule has 0 fully saturated rings. The summed E-state index contributed by atoms with van der Waals surface area (Å²) < 4.78 is 33.3. The molecule has 1 aromatic heterocycles. The van der Waals surface area contributed by atoms with Crippen LogP contribution in [0, 0.1) is 11.6 Å². The number of fused-ring (bicyclic) bond motifs is 1. The van der Waals surface area contributed by atoms with E-state index in [1.54, 1.807) is 19.2 Å². The van der Waals surface area contributed by atoms with Crippen molar-refractivity contribution in [2.75, 3.05) is 12.8 Å². The summed E-state index contributed by atoms with van der Waals surface area (Å²) in [7, 11) is 1.60. The molecule has 0 saturated carbocycles. The summed E-state index contributed by atoms with van der Waals surface area (Å²) in [5, 5.41) is 0.886. The van der Waals surface area contributed by atoms with Gasteiger partial charge in [0.25, 0.3) is 0 Å². The van der Waals surface area contributed by atoms with E-state index in [1.165, 1.54) is 18.2 Å². The third kappa shape index (κ3) is 3.24. The second-order valence-corrected chi connectivity index (χ2v) is 6.44. The number of hydrogen-bond donors (Lipinski definition) is 2. The fraction of sp³-hybridized carbons (Fsp3) is 0.0909. The first-order chi connectivity index (χ1) is 13.0. The van der Waals surface area contributed by atoms with Gasteiger partial charge in [-0.05, 0) is 53.9 Å². The Kier molecular flexibility index (Phi) is 4.28. The number of methoxy groups -OCH3 is 1. The van der Waals surface area contributed by atoms with E-state index in [-0.39, 0.29) is 5.56 Å². The van der Waals surface area contributed by atoms with Crippen LogP contribution in [-0.4, -0.2) is 12.1 Å². The van der Waals surface area contributed by atoms with Gasteiger partial charge in [-0.1, -0.05) is 18.2 Å². The molecule has 0 atom stereocenters. The molecule has 0 aliphatic carbocycles. The summed E-state index contributed by atoms with van der Waals surface area (Å²) in [5.74, 6) is -0.463. The van der Waals surface area contributed by atoms with E-state index in [1.807, 2.05) is 30.3 Å². The number of ether oxygens (including phenoxy) is 1. The van der Waals surface area contributed by atoms with Crippen molar-refractivity contribution >= 4 is 16.6 Å². The van der Waals surface area contributed by atoms with Crippen molar-refractivity contribution in [1.82, 2.24) is 4.98 Å². The molecule has 3 N–H and O–H groups in total. The molecule has 0 aliphatic heterocycles. The summed E-state index contributed by atoms with van der Waals surface area (Å²) >= 11 is 0. The second-order valence-electron chi connectivity index (χ2n) is 6.44. The average Bonchev–Trinajstić information content (AvgIpc) is 3.06. The molecule has 0 radical (unpaired) electrons. The van der Waals surface area contributed by atoms with Gasteiger partial charge in [-0.2, -0.15) is 0 Å². The number of halogens is 2. The minimum absolute atomic E-state index is 0.0466. The highest BCUT2D eigenvalue weighted by Gasteiger charge is 2.13. The average molecular weight is 364 g/mol. The first kappa shape index (κ1) is 17.1. The van der Waals surface area contributed by atoms with Gasteiger partial charge >= 0.3 is 0 Å². The minimum atomic E-state index is -0.590. The van der Waals surface area contributed by atoms with Gasteiger partial charge in [-0.25, -0.2) is 8.78 Å². The van der Waals surface area contributed by atoms with Crippen molar-refractivity contribution in [1.29, 1.82) is 0 Å². The lowest BCUT2D eigenvalue weighted by atomic mass is 10.0. The number of nitrogen functional groups attached to an aromatic ring is 1. The zero-order valence-electron chi connectivity index (χ0n) is 14.7. The van der Waals surface area contributed by atoms with Crippen molar-refractivity contribution in [2.45, 2.75) is 6.42 Å². The Balaban J connectivity index is 1.69. The van der Waals surface area contributed by atoms with Crippen LogP contribution in [-0.2, 0) is 6.42 Å². The Bertz CT molecular complexity index is 1110. The van der Waals surface area contributed by atoms with Gasteiger partial charge in [0.15, 0.2) is 0 Å². The molecule has 0 aliphatic rings. The largest absolute Gasteiger partial charge is 0.497 e. The molecule has 1 heterocycles. The quantitative estimate of drug-likeness (QED) is 0.483. The first-order valence-corrected chi connectivity index (χ1v) is 8.53. The minimum Gasteiger partial charge on any atom is -0.497 e. The number of nitrogens with two attached hydrogens (primary N) is 1. The van der Waals surface area contributed by atoms with E-state index in [0.717, 1.165) is 22.0 Å². The molecule has 4 aromatic rings. The Morgan fingerprint density at radius 3 is 2.44 bits per heavy atom. The molecule has 3 nitrogen and oxygen atoms in total. The zero-order chi connectivity index (χ0) is 19.0. The first-order valence-electron chi connectivity index (χ1n) is 8.53. The third-order valence-electron chi connectivity index (χ3n) is 4.66. The summed E-state index contributed by atoms with van der Waals surface area (Å²) in [6.45, 7) is 0. The lowest BCUT2D eigenvalue weighted by molar-refractivity contribution is 0.415. The standard InChI is InChI=1S/C22H18F2N2O/c1-27-16-7-6-14(19(25)12-16)9-13-5-8-20-15(10-13)11-21(26-20)22-17(23)3-2-4-18(22)24/h2-8,10-12,26H,9,25H2,1H3.